The highest BCUT2D eigenvalue weighted by Crippen LogP contribution is 2.34. The zero-order valence-electron chi connectivity index (χ0n) is 16.8. The average molecular weight is 419 g/mol. The number of carbonyl (C=O) groups is 2. The highest BCUT2D eigenvalue weighted by molar-refractivity contribution is 7.11. The van der Waals surface area contributed by atoms with Crippen molar-refractivity contribution >= 4 is 34.4 Å². The molecule has 0 spiro atoms. The summed E-state index contributed by atoms with van der Waals surface area (Å²) in [5.41, 5.74) is 2.34. The molecule has 0 radical (unpaired) electrons. The van der Waals surface area contributed by atoms with Crippen molar-refractivity contribution in [3.63, 3.8) is 0 Å². The van der Waals surface area contributed by atoms with Gasteiger partial charge in [-0.15, -0.1) is 11.3 Å². The normalized spacial score (nSPS) is 14.0. The predicted octanol–water partition coefficient (Wildman–Crippen LogP) is 4.93. The van der Waals surface area contributed by atoms with Gasteiger partial charge in [-0.25, -0.2) is 0 Å². The standard InChI is InChI=1S/C24H22N2O3S/c1-16(2)29-19-12-10-18(11-13-19)25-22-21(20-9-6-14-30-20)23(27)26(24(22)28)15-17-7-4-3-5-8-17/h3-14,16,25H,15H2,1-2H3. The first-order valence-electron chi connectivity index (χ1n) is 9.75. The molecule has 0 unspecified atom stereocenters. The van der Waals surface area contributed by atoms with Gasteiger partial charge in [0.05, 0.1) is 18.2 Å². The molecule has 0 fully saturated rings. The van der Waals surface area contributed by atoms with Crippen molar-refractivity contribution in [2.75, 3.05) is 5.32 Å². The second kappa shape index (κ2) is 8.55. The van der Waals surface area contributed by atoms with Crippen molar-refractivity contribution in [3.8, 4) is 5.75 Å². The molecule has 0 bridgehead atoms. The van der Waals surface area contributed by atoms with Crippen LogP contribution in [0.15, 0.2) is 77.8 Å². The second-order valence-corrected chi connectivity index (χ2v) is 8.17. The molecule has 0 saturated carbocycles. The lowest BCUT2D eigenvalue weighted by molar-refractivity contribution is -0.137. The third kappa shape index (κ3) is 4.14. The fraction of sp³-hybridized carbons (Fsp3) is 0.167. The zero-order valence-corrected chi connectivity index (χ0v) is 17.6. The van der Waals surface area contributed by atoms with Gasteiger partial charge in [-0.1, -0.05) is 36.4 Å². The Balaban J connectivity index is 1.64. The number of nitrogens with zero attached hydrogens (tertiary/aromatic N) is 1. The second-order valence-electron chi connectivity index (χ2n) is 7.23. The smallest absolute Gasteiger partial charge is 0.278 e. The average Bonchev–Trinajstić information content (AvgIpc) is 3.33. The first kappa shape index (κ1) is 19.9. The van der Waals surface area contributed by atoms with E-state index in [1.165, 1.54) is 16.2 Å². The van der Waals surface area contributed by atoms with Crippen molar-refractivity contribution in [3.05, 3.63) is 88.2 Å². The number of amides is 2. The van der Waals surface area contributed by atoms with Gasteiger partial charge in [0.25, 0.3) is 11.8 Å². The maximum atomic E-state index is 13.2. The van der Waals surface area contributed by atoms with Crippen LogP contribution in [0.4, 0.5) is 5.69 Å². The van der Waals surface area contributed by atoms with E-state index in [4.69, 9.17) is 4.74 Å². The molecule has 0 aliphatic carbocycles. The van der Waals surface area contributed by atoms with E-state index in [1.807, 2.05) is 86.0 Å². The van der Waals surface area contributed by atoms with E-state index in [0.717, 1.165) is 21.9 Å². The molecule has 1 aliphatic heterocycles. The van der Waals surface area contributed by atoms with Gasteiger partial charge in [-0.05, 0) is 55.1 Å². The molecular formula is C24H22N2O3S. The number of carbonyl (C=O) groups excluding carboxylic acids is 2. The first-order chi connectivity index (χ1) is 14.5. The molecule has 3 aromatic rings. The van der Waals surface area contributed by atoms with Crippen molar-refractivity contribution in [2.24, 2.45) is 0 Å². The maximum absolute atomic E-state index is 13.2. The van der Waals surface area contributed by atoms with E-state index in [0.29, 0.717) is 11.3 Å². The van der Waals surface area contributed by atoms with Crippen LogP contribution in [-0.4, -0.2) is 22.8 Å². The fourth-order valence-electron chi connectivity index (χ4n) is 3.28. The topological polar surface area (TPSA) is 58.6 Å². The molecule has 152 valence electrons. The Morgan fingerprint density at radius 3 is 2.30 bits per heavy atom. The Hall–Kier alpha value is -3.38. The molecular weight excluding hydrogens is 396 g/mol. The van der Waals surface area contributed by atoms with Crippen molar-refractivity contribution in [1.29, 1.82) is 0 Å². The van der Waals surface area contributed by atoms with Crippen LogP contribution in [0.25, 0.3) is 5.57 Å². The van der Waals surface area contributed by atoms with E-state index in [-0.39, 0.29) is 24.5 Å². The van der Waals surface area contributed by atoms with Gasteiger partial charge in [-0.3, -0.25) is 14.5 Å². The minimum absolute atomic E-state index is 0.0810. The summed E-state index contributed by atoms with van der Waals surface area (Å²) in [6.45, 7) is 4.17. The summed E-state index contributed by atoms with van der Waals surface area (Å²) in [6.07, 6.45) is 0.0810. The van der Waals surface area contributed by atoms with E-state index in [9.17, 15) is 9.59 Å². The third-order valence-electron chi connectivity index (χ3n) is 4.61. The summed E-state index contributed by atoms with van der Waals surface area (Å²) in [5.74, 6) is 0.144. The van der Waals surface area contributed by atoms with Crippen LogP contribution >= 0.6 is 11.3 Å². The Bertz CT molecular complexity index is 1070. The Labute approximate surface area is 179 Å². The van der Waals surface area contributed by atoms with Crippen molar-refractivity contribution in [2.45, 2.75) is 26.5 Å². The summed E-state index contributed by atoms with van der Waals surface area (Å²) in [6, 6.07) is 20.6. The number of ether oxygens (including phenoxy) is 1. The van der Waals surface area contributed by atoms with Gasteiger partial charge in [0.1, 0.15) is 11.4 Å². The fourth-order valence-corrected chi connectivity index (χ4v) is 4.05. The van der Waals surface area contributed by atoms with Gasteiger partial charge in [0, 0.05) is 10.6 Å². The van der Waals surface area contributed by atoms with Crippen molar-refractivity contribution < 1.29 is 14.3 Å². The first-order valence-corrected chi connectivity index (χ1v) is 10.6. The summed E-state index contributed by atoms with van der Waals surface area (Å²) in [5, 5.41) is 5.07. The number of rotatable bonds is 7. The molecule has 1 N–H and O–H groups in total. The van der Waals surface area contributed by atoms with E-state index in [1.54, 1.807) is 0 Å². The molecule has 0 saturated heterocycles. The van der Waals surface area contributed by atoms with Gasteiger partial charge in [-0.2, -0.15) is 0 Å². The molecule has 6 heteroatoms. The number of benzene rings is 2. The molecule has 1 aromatic heterocycles. The summed E-state index contributed by atoms with van der Waals surface area (Å²) < 4.78 is 5.67. The van der Waals surface area contributed by atoms with Crippen LogP contribution < -0.4 is 10.1 Å². The lowest BCUT2D eigenvalue weighted by atomic mass is 10.2. The van der Waals surface area contributed by atoms with Crippen LogP contribution in [0.3, 0.4) is 0 Å². The van der Waals surface area contributed by atoms with E-state index >= 15 is 0 Å². The van der Waals surface area contributed by atoms with E-state index < -0.39 is 0 Å². The van der Waals surface area contributed by atoms with Crippen LogP contribution in [0, 0.1) is 0 Å². The minimum atomic E-state index is -0.324. The summed E-state index contributed by atoms with van der Waals surface area (Å²) in [7, 11) is 0. The minimum Gasteiger partial charge on any atom is -0.491 e. The third-order valence-corrected chi connectivity index (χ3v) is 5.50. The molecule has 2 aromatic carbocycles. The molecule has 1 aliphatic rings. The van der Waals surface area contributed by atoms with Crippen LogP contribution in [0.2, 0.25) is 0 Å². The SMILES string of the molecule is CC(C)Oc1ccc(NC2=C(c3cccs3)C(=O)N(Cc3ccccc3)C2=O)cc1. The molecule has 30 heavy (non-hydrogen) atoms. The highest BCUT2D eigenvalue weighted by atomic mass is 32.1. The molecule has 2 amide bonds. The van der Waals surface area contributed by atoms with Crippen molar-refractivity contribution in [1.82, 2.24) is 4.90 Å². The van der Waals surface area contributed by atoms with Gasteiger partial charge < -0.3 is 10.1 Å². The van der Waals surface area contributed by atoms with Gasteiger partial charge >= 0.3 is 0 Å². The number of thiophene rings is 1. The number of imide groups is 1. The van der Waals surface area contributed by atoms with Gasteiger partial charge in [0.15, 0.2) is 0 Å². The predicted molar refractivity (Wildman–Crippen MR) is 119 cm³/mol. The van der Waals surface area contributed by atoms with Crippen LogP contribution in [-0.2, 0) is 16.1 Å². The number of anilines is 1. The Kier molecular flexibility index (Phi) is 5.68. The van der Waals surface area contributed by atoms with E-state index in [2.05, 4.69) is 5.32 Å². The van der Waals surface area contributed by atoms with Crippen LogP contribution in [0.1, 0.15) is 24.3 Å². The quantitative estimate of drug-likeness (QED) is 0.553. The summed E-state index contributed by atoms with van der Waals surface area (Å²) in [4.78, 5) is 28.5. The maximum Gasteiger partial charge on any atom is 0.278 e. The number of nitrogens with one attached hydrogen (secondary N) is 1. The Morgan fingerprint density at radius 1 is 0.933 bits per heavy atom. The van der Waals surface area contributed by atoms with Crippen LogP contribution in [0.5, 0.6) is 5.75 Å². The molecule has 2 heterocycles. The lowest BCUT2D eigenvalue weighted by Crippen LogP contribution is -2.31. The number of hydrogen-bond donors (Lipinski definition) is 1. The highest BCUT2D eigenvalue weighted by Gasteiger charge is 2.39. The molecule has 4 rings (SSSR count). The molecule has 5 nitrogen and oxygen atoms in total. The van der Waals surface area contributed by atoms with Gasteiger partial charge in [0.2, 0.25) is 0 Å². The Morgan fingerprint density at radius 2 is 1.67 bits per heavy atom. The number of hydrogen-bond acceptors (Lipinski definition) is 5. The summed E-state index contributed by atoms with van der Waals surface area (Å²) >= 11 is 1.44. The lowest BCUT2D eigenvalue weighted by Gasteiger charge is -2.15. The zero-order chi connectivity index (χ0) is 21.1. The largest absolute Gasteiger partial charge is 0.491 e. The molecule has 0 atom stereocenters. The monoisotopic (exact) mass is 418 g/mol.